The molecule has 0 spiro atoms. The van der Waals surface area contributed by atoms with Gasteiger partial charge in [0, 0.05) is 0 Å². The van der Waals surface area contributed by atoms with E-state index in [2.05, 4.69) is 0 Å². The molecule has 0 aliphatic rings. The molecule has 1 rings (SSSR count). The van der Waals surface area contributed by atoms with Crippen LogP contribution in [0.4, 0.5) is 13.2 Å². The minimum absolute atomic E-state index is 0.530. The molecule has 0 heterocycles. The summed E-state index contributed by atoms with van der Waals surface area (Å²) in [5, 5.41) is 0. The van der Waals surface area contributed by atoms with Gasteiger partial charge >= 0.3 is 5.51 Å². The highest BCUT2D eigenvalue weighted by molar-refractivity contribution is 7.92. The van der Waals surface area contributed by atoms with Gasteiger partial charge in [-0.15, -0.1) is 0 Å². The van der Waals surface area contributed by atoms with Crippen molar-refractivity contribution in [3.63, 3.8) is 0 Å². The standard InChI is InChI=1S/C10H11F3O2S/c1-6-4-9(5-7(2)8(6)3)16(14,15)10(11,12)13/h4-5H,1-3H3. The molecule has 90 valence electrons. The highest BCUT2D eigenvalue weighted by atomic mass is 32.2. The van der Waals surface area contributed by atoms with Crippen LogP contribution in [-0.4, -0.2) is 13.9 Å². The first-order valence-corrected chi connectivity index (χ1v) is 5.95. The lowest BCUT2D eigenvalue weighted by Gasteiger charge is -2.11. The maximum atomic E-state index is 12.3. The van der Waals surface area contributed by atoms with Crippen LogP contribution in [0.2, 0.25) is 0 Å². The third kappa shape index (κ3) is 2.07. The van der Waals surface area contributed by atoms with Gasteiger partial charge in [-0.05, 0) is 49.6 Å². The molecule has 0 radical (unpaired) electrons. The van der Waals surface area contributed by atoms with Gasteiger partial charge in [0.2, 0.25) is 0 Å². The van der Waals surface area contributed by atoms with E-state index in [0.717, 1.165) is 17.7 Å². The zero-order valence-electron chi connectivity index (χ0n) is 9.01. The topological polar surface area (TPSA) is 34.1 Å². The van der Waals surface area contributed by atoms with E-state index in [9.17, 15) is 21.6 Å². The number of sulfone groups is 1. The fourth-order valence-electron chi connectivity index (χ4n) is 1.28. The van der Waals surface area contributed by atoms with Gasteiger partial charge in [0.15, 0.2) is 0 Å². The number of alkyl halides is 3. The molecule has 1 aromatic carbocycles. The van der Waals surface area contributed by atoms with Gasteiger partial charge in [-0.3, -0.25) is 0 Å². The fraction of sp³-hybridized carbons (Fsp3) is 0.400. The maximum absolute atomic E-state index is 12.3. The second kappa shape index (κ2) is 3.76. The van der Waals surface area contributed by atoms with Crippen LogP contribution >= 0.6 is 0 Å². The smallest absolute Gasteiger partial charge is 0.214 e. The number of rotatable bonds is 1. The number of hydrogen-bond donors (Lipinski definition) is 0. The Hall–Kier alpha value is -1.04. The summed E-state index contributed by atoms with van der Waals surface area (Å²) in [6.07, 6.45) is 0. The zero-order valence-corrected chi connectivity index (χ0v) is 9.83. The van der Waals surface area contributed by atoms with E-state index in [1.165, 1.54) is 0 Å². The molecule has 0 N–H and O–H groups in total. The van der Waals surface area contributed by atoms with E-state index >= 15 is 0 Å². The van der Waals surface area contributed by atoms with Crippen molar-refractivity contribution in [3.05, 3.63) is 28.8 Å². The van der Waals surface area contributed by atoms with E-state index in [1.807, 2.05) is 0 Å². The molecule has 1 aromatic rings. The molecule has 0 saturated heterocycles. The van der Waals surface area contributed by atoms with Crippen LogP contribution in [0.15, 0.2) is 17.0 Å². The highest BCUT2D eigenvalue weighted by Crippen LogP contribution is 2.31. The van der Waals surface area contributed by atoms with Gasteiger partial charge in [-0.2, -0.15) is 13.2 Å². The van der Waals surface area contributed by atoms with Crippen molar-refractivity contribution in [1.29, 1.82) is 0 Å². The summed E-state index contributed by atoms with van der Waals surface area (Å²) in [5.74, 6) is 0. The van der Waals surface area contributed by atoms with Gasteiger partial charge in [0.1, 0.15) is 0 Å². The van der Waals surface area contributed by atoms with Crippen LogP contribution in [0.25, 0.3) is 0 Å². The second-order valence-electron chi connectivity index (χ2n) is 3.63. The van der Waals surface area contributed by atoms with Crippen molar-refractivity contribution in [1.82, 2.24) is 0 Å². The third-order valence-electron chi connectivity index (χ3n) is 2.52. The molecule has 0 fully saturated rings. The first-order chi connectivity index (χ1) is 7.07. The lowest BCUT2D eigenvalue weighted by molar-refractivity contribution is -0.0436. The van der Waals surface area contributed by atoms with Crippen molar-refractivity contribution in [2.24, 2.45) is 0 Å². The molecule has 0 unspecified atom stereocenters. The molecular weight excluding hydrogens is 241 g/mol. The molecule has 0 aliphatic heterocycles. The largest absolute Gasteiger partial charge is 0.501 e. The Morgan fingerprint density at radius 1 is 1.00 bits per heavy atom. The van der Waals surface area contributed by atoms with Crippen molar-refractivity contribution >= 4 is 9.84 Å². The number of hydrogen-bond acceptors (Lipinski definition) is 2. The number of halogens is 3. The van der Waals surface area contributed by atoms with Crippen LogP contribution in [0.1, 0.15) is 16.7 Å². The summed E-state index contributed by atoms with van der Waals surface area (Å²) in [6, 6.07) is 2.09. The van der Waals surface area contributed by atoms with E-state index < -0.39 is 20.2 Å². The molecule has 2 nitrogen and oxygen atoms in total. The van der Waals surface area contributed by atoms with E-state index in [1.54, 1.807) is 20.8 Å². The summed E-state index contributed by atoms with van der Waals surface area (Å²) in [4.78, 5) is -0.694. The second-order valence-corrected chi connectivity index (χ2v) is 5.57. The van der Waals surface area contributed by atoms with Crippen LogP contribution in [0.5, 0.6) is 0 Å². The molecule has 0 saturated carbocycles. The van der Waals surface area contributed by atoms with Crippen molar-refractivity contribution in [2.75, 3.05) is 0 Å². The quantitative estimate of drug-likeness (QED) is 0.770. The van der Waals surface area contributed by atoms with Gasteiger partial charge in [-0.25, -0.2) is 8.42 Å². The molecule has 0 aliphatic carbocycles. The summed E-state index contributed by atoms with van der Waals surface area (Å²) < 4.78 is 59.2. The Morgan fingerprint density at radius 2 is 1.38 bits per heavy atom. The maximum Gasteiger partial charge on any atom is 0.501 e. The molecule has 0 bridgehead atoms. The molecule has 0 atom stereocenters. The predicted octanol–water partition coefficient (Wildman–Crippen LogP) is 2.91. The lowest BCUT2D eigenvalue weighted by atomic mass is 10.1. The minimum atomic E-state index is -5.25. The Bertz CT molecular complexity index is 492. The van der Waals surface area contributed by atoms with E-state index in [4.69, 9.17) is 0 Å². The Kier molecular flexibility index (Phi) is 3.06. The fourth-order valence-corrected chi connectivity index (χ4v) is 2.22. The van der Waals surface area contributed by atoms with Crippen LogP contribution in [-0.2, 0) is 9.84 Å². The molecular formula is C10H11F3O2S. The monoisotopic (exact) mass is 252 g/mol. The van der Waals surface area contributed by atoms with Crippen LogP contribution < -0.4 is 0 Å². The highest BCUT2D eigenvalue weighted by Gasteiger charge is 2.46. The Labute approximate surface area is 92.0 Å². The van der Waals surface area contributed by atoms with Gasteiger partial charge in [-0.1, -0.05) is 0 Å². The average Bonchev–Trinajstić information content (AvgIpc) is 2.11. The molecule has 16 heavy (non-hydrogen) atoms. The molecule has 0 aromatic heterocycles. The van der Waals surface area contributed by atoms with Gasteiger partial charge in [0.05, 0.1) is 4.90 Å². The summed E-state index contributed by atoms with van der Waals surface area (Å²) in [7, 11) is -5.24. The summed E-state index contributed by atoms with van der Waals surface area (Å²) in [5.41, 5.74) is -3.40. The van der Waals surface area contributed by atoms with Crippen molar-refractivity contribution in [3.8, 4) is 0 Å². The van der Waals surface area contributed by atoms with Gasteiger partial charge < -0.3 is 0 Å². The van der Waals surface area contributed by atoms with Crippen LogP contribution in [0, 0.1) is 20.8 Å². The Balaban J connectivity index is 3.49. The number of benzene rings is 1. The summed E-state index contributed by atoms with van der Waals surface area (Å²) in [6.45, 7) is 4.89. The van der Waals surface area contributed by atoms with Crippen LogP contribution in [0.3, 0.4) is 0 Å². The first-order valence-electron chi connectivity index (χ1n) is 4.46. The molecule has 0 amide bonds. The predicted molar refractivity (Wildman–Crippen MR) is 53.9 cm³/mol. The normalized spacial score (nSPS) is 12.9. The average molecular weight is 252 g/mol. The SMILES string of the molecule is Cc1cc(S(=O)(=O)C(F)(F)F)cc(C)c1C. The van der Waals surface area contributed by atoms with Gasteiger partial charge in [0.25, 0.3) is 9.84 Å². The zero-order chi connectivity index (χ0) is 12.7. The summed E-state index contributed by atoms with van der Waals surface area (Å²) >= 11 is 0. The lowest BCUT2D eigenvalue weighted by Crippen LogP contribution is -2.23. The number of aryl methyl sites for hydroxylation is 2. The minimum Gasteiger partial charge on any atom is -0.214 e. The molecule has 6 heteroatoms. The Morgan fingerprint density at radius 3 is 1.69 bits per heavy atom. The first kappa shape index (κ1) is 13.0. The third-order valence-corrected chi connectivity index (χ3v) is 3.98. The van der Waals surface area contributed by atoms with E-state index in [-0.39, 0.29) is 0 Å². The van der Waals surface area contributed by atoms with Crippen molar-refractivity contribution < 1.29 is 21.6 Å². The van der Waals surface area contributed by atoms with Crippen molar-refractivity contribution in [2.45, 2.75) is 31.2 Å². The van der Waals surface area contributed by atoms with E-state index in [0.29, 0.717) is 11.1 Å².